The van der Waals surface area contributed by atoms with Gasteiger partial charge in [0, 0.05) is 18.8 Å². The summed E-state index contributed by atoms with van der Waals surface area (Å²) in [6.45, 7) is 0. The Kier molecular flexibility index (Phi) is 2.89. The van der Waals surface area contributed by atoms with E-state index < -0.39 is 18.1 Å². The number of hydrogen-bond acceptors (Lipinski definition) is 4. The van der Waals surface area contributed by atoms with E-state index in [2.05, 4.69) is 15.2 Å². The maximum Gasteiger partial charge on any atom is 0.341 e. The normalized spacial score (nSPS) is 11.4. The van der Waals surface area contributed by atoms with E-state index in [-0.39, 0.29) is 16.9 Å². The molecule has 0 bridgehead atoms. The van der Waals surface area contributed by atoms with Crippen LogP contribution in [-0.2, 0) is 7.05 Å². The number of aryl methyl sites for hydroxylation is 1. The molecule has 0 aliphatic rings. The molecule has 0 saturated carbocycles. The molecule has 0 aliphatic heterocycles. The van der Waals surface area contributed by atoms with Crippen molar-refractivity contribution >= 4 is 11.6 Å². The quantitative estimate of drug-likeness (QED) is 0.795. The number of carboxylic acid groups (broad SMARTS) is 1. The molecule has 3 aromatic heterocycles. The summed E-state index contributed by atoms with van der Waals surface area (Å²) in [4.78, 5) is 15.2. The van der Waals surface area contributed by atoms with E-state index in [4.69, 9.17) is 5.11 Å². The number of carboxylic acids is 1. The average molecular weight is 293 g/mol. The number of rotatable bonds is 3. The summed E-state index contributed by atoms with van der Waals surface area (Å²) in [7, 11) is 1.68. The van der Waals surface area contributed by atoms with E-state index in [1.807, 2.05) is 0 Å². The molecule has 3 rings (SSSR count). The number of alkyl halides is 2. The van der Waals surface area contributed by atoms with Crippen LogP contribution in [0.1, 0.15) is 22.5 Å². The van der Waals surface area contributed by atoms with Gasteiger partial charge in [-0.05, 0) is 6.07 Å². The molecule has 0 spiro atoms. The van der Waals surface area contributed by atoms with E-state index in [0.29, 0.717) is 5.56 Å². The number of hydrogen-bond donors (Lipinski definition) is 1. The van der Waals surface area contributed by atoms with Crippen LogP contribution in [0.2, 0.25) is 0 Å². The van der Waals surface area contributed by atoms with Gasteiger partial charge < -0.3 is 5.11 Å². The fourth-order valence-corrected chi connectivity index (χ4v) is 1.99. The maximum absolute atomic E-state index is 13.2. The summed E-state index contributed by atoms with van der Waals surface area (Å²) in [6, 6.07) is 1.17. The van der Waals surface area contributed by atoms with Crippen molar-refractivity contribution < 1.29 is 18.7 Å². The number of fused-ring (bicyclic) bond motifs is 1. The summed E-state index contributed by atoms with van der Waals surface area (Å²) in [5.74, 6) is -1.28. The Morgan fingerprint density at radius 2 is 2.10 bits per heavy atom. The van der Waals surface area contributed by atoms with Crippen molar-refractivity contribution in [3.05, 3.63) is 35.9 Å². The van der Waals surface area contributed by atoms with Crippen LogP contribution in [0.3, 0.4) is 0 Å². The van der Waals surface area contributed by atoms with Gasteiger partial charge in [-0.25, -0.2) is 23.1 Å². The summed E-state index contributed by atoms with van der Waals surface area (Å²) in [5, 5.41) is 16.7. The van der Waals surface area contributed by atoms with Gasteiger partial charge in [-0.1, -0.05) is 0 Å². The first-order valence-electron chi connectivity index (χ1n) is 5.86. The molecule has 0 aliphatic carbocycles. The highest BCUT2D eigenvalue weighted by molar-refractivity contribution is 5.94. The second-order valence-electron chi connectivity index (χ2n) is 4.37. The van der Waals surface area contributed by atoms with Gasteiger partial charge in [0.25, 0.3) is 6.43 Å². The van der Waals surface area contributed by atoms with Crippen LogP contribution in [0, 0.1) is 0 Å². The van der Waals surface area contributed by atoms with Crippen molar-refractivity contribution in [1.82, 2.24) is 24.4 Å². The van der Waals surface area contributed by atoms with Crippen LogP contribution < -0.4 is 0 Å². The Morgan fingerprint density at radius 3 is 2.67 bits per heavy atom. The van der Waals surface area contributed by atoms with Gasteiger partial charge in [0.05, 0.1) is 18.1 Å². The zero-order chi connectivity index (χ0) is 15.1. The van der Waals surface area contributed by atoms with Gasteiger partial charge in [-0.3, -0.25) is 4.68 Å². The van der Waals surface area contributed by atoms with Gasteiger partial charge in [0.15, 0.2) is 5.65 Å². The SMILES string of the molecule is Cn1cc(-c2cc(C(F)F)n3ncc(C(=O)O)c3n2)cn1. The zero-order valence-corrected chi connectivity index (χ0v) is 10.7. The van der Waals surface area contributed by atoms with Crippen LogP contribution in [0.4, 0.5) is 8.78 Å². The monoisotopic (exact) mass is 293 g/mol. The molecule has 0 fully saturated rings. The third kappa shape index (κ3) is 2.12. The van der Waals surface area contributed by atoms with E-state index in [1.54, 1.807) is 13.2 Å². The van der Waals surface area contributed by atoms with E-state index >= 15 is 0 Å². The highest BCUT2D eigenvalue weighted by atomic mass is 19.3. The molecule has 0 amide bonds. The standard InChI is InChI=1S/C12H9F2N5O2/c1-18-5-6(3-15-18)8-2-9(10(13)14)19-11(17-8)7(4-16-19)12(20)21/h2-5,10H,1H3,(H,20,21). The van der Waals surface area contributed by atoms with Gasteiger partial charge in [0.2, 0.25) is 0 Å². The average Bonchev–Trinajstić information content (AvgIpc) is 3.03. The second kappa shape index (κ2) is 4.62. The lowest BCUT2D eigenvalue weighted by molar-refractivity contribution is 0.0698. The van der Waals surface area contributed by atoms with Crippen molar-refractivity contribution in [2.45, 2.75) is 6.43 Å². The van der Waals surface area contributed by atoms with Crippen molar-refractivity contribution in [1.29, 1.82) is 0 Å². The van der Waals surface area contributed by atoms with E-state index in [0.717, 1.165) is 10.7 Å². The molecule has 1 N–H and O–H groups in total. The first-order chi connectivity index (χ1) is 9.97. The minimum absolute atomic E-state index is 0.126. The highest BCUT2D eigenvalue weighted by Crippen LogP contribution is 2.26. The molecule has 7 nitrogen and oxygen atoms in total. The lowest BCUT2D eigenvalue weighted by atomic mass is 10.2. The van der Waals surface area contributed by atoms with Crippen LogP contribution in [0.5, 0.6) is 0 Å². The number of nitrogens with zero attached hydrogens (tertiary/aromatic N) is 5. The molecule has 21 heavy (non-hydrogen) atoms. The van der Waals surface area contributed by atoms with Crippen molar-refractivity contribution in [2.24, 2.45) is 7.05 Å². The summed E-state index contributed by atoms with van der Waals surface area (Å²) < 4.78 is 28.6. The molecule has 9 heteroatoms. The molecule has 0 aromatic carbocycles. The molecule has 0 atom stereocenters. The first kappa shape index (κ1) is 13.2. The van der Waals surface area contributed by atoms with Crippen LogP contribution in [-0.4, -0.2) is 35.5 Å². The zero-order valence-electron chi connectivity index (χ0n) is 10.7. The fourth-order valence-electron chi connectivity index (χ4n) is 1.99. The Hall–Kier alpha value is -2.84. The molecule has 3 aromatic rings. The maximum atomic E-state index is 13.2. The molecular formula is C12H9F2N5O2. The van der Waals surface area contributed by atoms with Gasteiger partial charge in [-0.2, -0.15) is 10.2 Å². The lowest BCUT2D eigenvalue weighted by Gasteiger charge is -2.06. The Bertz CT molecular complexity index is 839. The summed E-state index contributed by atoms with van der Waals surface area (Å²) in [6.07, 6.45) is 1.26. The molecule has 0 radical (unpaired) electrons. The van der Waals surface area contributed by atoms with Crippen molar-refractivity contribution in [2.75, 3.05) is 0 Å². The first-order valence-corrected chi connectivity index (χ1v) is 5.86. The molecular weight excluding hydrogens is 284 g/mol. The largest absolute Gasteiger partial charge is 0.477 e. The topological polar surface area (TPSA) is 85.3 Å². The van der Waals surface area contributed by atoms with Crippen LogP contribution in [0.15, 0.2) is 24.7 Å². The van der Waals surface area contributed by atoms with Gasteiger partial charge >= 0.3 is 5.97 Å². The highest BCUT2D eigenvalue weighted by Gasteiger charge is 2.21. The van der Waals surface area contributed by atoms with Crippen molar-refractivity contribution in [3.8, 4) is 11.3 Å². The third-order valence-electron chi connectivity index (χ3n) is 2.95. The van der Waals surface area contributed by atoms with Crippen molar-refractivity contribution in [3.63, 3.8) is 0 Å². The Morgan fingerprint density at radius 1 is 1.33 bits per heavy atom. The predicted molar refractivity (Wildman–Crippen MR) is 67.1 cm³/mol. The fraction of sp³-hybridized carbons (Fsp3) is 0.167. The van der Waals surface area contributed by atoms with E-state index in [1.165, 1.54) is 16.9 Å². The molecule has 0 saturated heterocycles. The summed E-state index contributed by atoms with van der Waals surface area (Å²) in [5.41, 5.74) is -0.0542. The predicted octanol–water partition coefficient (Wildman–Crippen LogP) is 1.77. The van der Waals surface area contributed by atoms with Crippen LogP contribution in [0.25, 0.3) is 16.9 Å². The number of aromatic carboxylic acids is 1. The number of halogens is 2. The third-order valence-corrected chi connectivity index (χ3v) is 2.95. The Balaban J connectivity index is 2.31. The Labute approximate surface area is 116 Å². The number of carbonyl (C=O) groups is 1. The molecule has 0 unspecified atom stereocenters. The summed E-state index contributed by atoms with van der Waals surface area (Å²) >= 11 is 0. The minimum atomic E-state index is -2.81. The van der Waals surface area contributed by atoms with Crippen LogP contribution >= 0.6 is 0 Å². The lowest BCUT2D eigenvalue weighted by Crippen LogP contribution is -2.04. The smallest absolute Gasteiger partial charge is 0.341 e. The second-order valence-corrected chi connectivity index (χ2v) is 4.37. The number of aromatic nitrogens is 5. The molecule has 108 valence electrons. The van der Waals surface area contributed by atoms with E-state index in [9.17, 15) is 13.6 Å². The van der Waals surface area contributed by atoms with Gasteiger partial charge in [0.1, 0.15) is 11.3 Å². The minimum Gasteiger partial charge on any atom is -0.477 e. The van der Waals surface area contributed by atoms with Gasteiger partial charge in [-0.15, -0.1) is 0 Å². The molecule has 3 heterocycles.